The summed E-state index contributed by atoms with van der Waals surface area (Å²) in [6.07, 6.45) is 3.12. The van der Waals surface area contributed by atoms with E-state index in [1.54, 1.807) is 23.9 Å². The van der Waals surface area contributed by atoms with Crippen molar-refractivity contribution in [3.63, 3.8) is 0 Å². The summed E-state index contributed by atoms with van der Waals surface area (Å²) in [6.45, 7) is 0.849. The van der Waals surface area contributed by atoms with Gasteiger partial charge in [0.15, 0.2) is 0 Å². The van der Waals surface area contributed by atoms with Gasteiger partial charge in [0.2, 0.25) is 0 Å². The number of rotatable bonds is 6. The van der Waals surface area contributed by atoms with E-state index in [9.17, 15) is 10.1 Å². The number of nitro groups is 1. The zero-order valence-electron chi connectivity index (χ0n) is 8.60. The van der Waals surface area contributed by atoms with Crippen molar-refractivity contribution >= 4 is 23.1 Å². The van der Waals surface area contributed by atoms with Crippen LogP contribution in [0.2, 0.25) is 0 Å². The van der Waals surface area contributed by atoms with Crippen LogP contribution in [0, 0.1) is 10.1 Å². The summed E-state index contributed by atoms with van der Waals surface area (Å²) in [6, 6.07) is 6.58. The van der Waals surface area contributed by atoms with Crippen molar-refractivity contribution in [1.29, 1.82) is 0 Å². The number of non-ortho nitro benzene ring substituents is 1. The van der Waals surface area contributed by atoms with Crippen molar-refractivity contribution in [2.75, 3.05) is 23.9 Å². The number of nitro benzene ring substituents is 1. The summed E-state index contributed by atoms with van der Waals surface area (Å²) in [4.78, 5) is 10.1. The number of nitrogens with one attached hydrogen (secondary N) is 1. The third kappa shape index (κ3) is 4.20. The maximum absolute atomic E-state index is 10.5. The number of nitrogens with zero attached hydrogens (tertiary/aromatic N) is 1. The highest BCUT2D eigenvalue weighted by Crippen LogP contribution is 2.16. The SMILES string of the molecule is CSCCCNc1cccc([N+](=O)[O-])c1. The molecule has 0 atom stereocenters. The fourth-order valence-electron chi connectivity index (χ4n) is 1.18. The first-order chi connectivity index (χ1) is 7.24. The van der Waals surface area contributed by atoms with E-state index < -0.39 is 0 Å². The normalized spacial score (nSPS) is 9.93. The lowest BCUT2D eigenvalue weighted by atomic mass is 10.3. The molecule has 5 heteroatoms. The number of anilines is 1. The van der Waals surface area contributed by atoms with Gasteiger partial charge < -0.3 is 5.32 Å². The molecule has 0 aliphatic carbocycles. The van der Waals surface area contributed by atoms with Crippen molar-refractivity contribution in [2.45, 2.75) is 6.42 Å². The summed E-state index contributed by atoms with van der Waals surface area (Å²) < 4.78 is 0. The van der Waals surface area contributed by atoms with Crippen molar-refractivity contribution in [2.24, 2.45) is 0 Å². The van der Waals surface area contributed by atoms with Gasteiger partial charge in [-0.05, 0) is 24.5 Å². The molecule has 1 N–H and O–H groups in total. The Morgan fingerprint density at radius 2 is 2.33 bits per heavy atom. The molecule has 0 fully saturated rings. The molecule has 1 rings (SSSR count). The summed E-state index contributed by atoms with van der Waals surface area (Å²) >= 11 is 1.80. The summed E-state index contributed by atoms with van der Waals surface area (Å²) in [5.41, 5.74) is 0.940. The number of benzene rings is 1. The molecule has 0 amide bonds. The van der Waals surface area contributed by atoms with Crippen molar-refractivity contribution < 1.29 is 4.92 Å². The standard InChI is InChI=1S/C10H14N2O2S/c1-15-7-3-6-11-9-4-2-5-10(8-9)12(13)14/h2,4-5,8,11H,3,6-7H2,1H3. The molecule has 82 valence electrons. The van der Waals surface area contributed by atoms with Gasteiger partial charge in [-0.2, -0.15) is 11.8 Å². The van der Waals surface area contributed by atoms with E-state index >= 15 is 0 Å². The fraction of sp³-hybridized carbons (Fsp3) is 0.400. The molecule has 0 saturated heterocycles. The molecule has 0 heterocycles. The summed E-state index contributed by atoms with van der Waals surface area (Å²) in [5, 5.41) is 13.7. The van der Waals surface area contributed by atoms with Crippen molar-refractivity contribution in [1.82, 2.24) is 0 Å². The Kier molecular flexibility index (Phi) is 4.97. The quantitative estimate of drug-likeness (QED) is 0.460. The zero-order valence-corrected chi connectivity index (χ0v) is 9.42. The zero-order chi connectivity index (χ0) is 11.1. The predicted molar refractivity (Wildman–Crippen MR) is 64.6 cm³/mol. The van der Waals surface area contributed by atoms with E-state index in [1.165, 1.54) is 6.07 Å². The molecule has 15 heavy (non-hydrogen) atoms. The van der Waals surface area contributed by atoms with Gasteiger partial charge in [-0.1, -0.05) is 6.07 Å². The molecular formula is C10H14N2O2S. The van der Waals surface area contributed by atoms with E-state index in [-0.39, 0.29) is 10.6 Å². The number of hydrogen-bond acceptors (Lipinski definition) is 4. The highest BCUT2D eigenvalue weighted by molar-refractivity contribution is 7.98. The molecule has 0 aromatic heterocycles. The van der Waals surface area contributed by atoms with Gasteiger partial charge in [-0.15, -0.1) is 0 Å². The molecule has 0 saturated carbocycles. The number of thioether (sulfide) groups is 1. The third-order valence-electron chi connectivity index (χ3n) is 1.91. The van der Waals surface area contributed by atoms with Crippen LogP contribution in [-0.2, 0) is 0 Å². The summed E-state index contributed by atoms with van der Waals surface area (Å²) in [7, 11) is 0. The largest absolute Gasteiger partial charge is 0.385 e. The molecule has 0 aliphatic rings. The average Bonchev–Trinajstić information content (AvgIpc) is 2.25. The Bertz CT molecular complexity index is 331. The Morgan fingerprint density at radius 3 is 3.00 bits per heavy atom. The monoisotopic (exact) mass is 226 g/mol. The summed E-state index contributed by atoms with van der Waals surface area (Å²) in [5.74, 6) is 1.10. The molecule has 0 radical (unpaired) electrons. The highest BCUT2D eigenvalue weighted by Gasteiger charge is 2.04. The second-order valence-corrected chi connectivity index (χ2v) is 4.07. The molecular weight excluding hydrogens is 212 g/mol. The number of hydrogen-bond donors (Lipinski definition) is 1. The van der Waals surface area contributed by atoms with E-state index in [1.807, 2.05) is 6.07 Å². The first-order valence-electron chi connectivity index (χ1n) is 4.71. The van der Waals surface area contributed by atoms with Gasteiger partial charge in [0.05, 0.1) is 4.92 Å². The van der Waals surface area contributed by atoms with Gasteiger partial charge >= 0.3 is 0 Å². The van der Waals surface area contributed by atoms with Gasteiger partial charge in [0.25, 0.3) is 5.69 Å². The van der Waals surface area contributed by atoms with Crippen LogP contribution >= 0.6 is 11.8 Å². The molecule has 0 unspecified atom stereocenters. The molecule has 0 aliphatic heterocycles. The smallest absolute Gasteiger partial charge is 0.271 e. The second-order valence-electron chi connectivity index (χ2n) is 3.08. The minimum atomic E-state index is -0.382. The maximum Gasteiger partial charge on any atom is 0.271 e. The van der Waals surface area contributed by atoms with Crippen LogP contribution in [0.4, 0.5) is 11.4 Å². The van der Waals surface area contributed by atoms with Crippen LogP contribution in [-0.4, -0.2) is 23.5 Å². The lowest BCUT2D eigenvalue weighted by molar-refractivity contribution is -0.384. The van der Waals surface area contributed by atoms with E-state index in [2.05, 4.69) is 11.6 Å². The predicted octanol–water partition coefficient (Wildman–Crippen LogP) is 2.76. The van der Waals surface area contributed by atoms with Crippen LogP contribution < -0.4 is 5.32 Å². The van der Waals surface area contributed by atoms with E-state index in [4.69, 9.17) is 0 Å². The third-order valence-corrected chi connectivity index (χ3v) is 2.61. The minimum Gasteiger partial charge on any atom is -0.385 e. The fourth-order valence-corrected chi connectivity index (χ4v) is 1.61. The Labute approximate surface area is 93.2 Å². The molecule has 1 aromatic rings. The minimum absolute atomic E-state index is 0.130. The van der Waals surface area contributed by atoms with Crippen LogP contribution in [0.1, 0.15) is 6.42 Å². The van der Waals surface area contributed by atoms with Crippen LogP contribution in [0.25, 0.3) is 0 Å². The topological polar surface area (TPSA) is 55.2 Å². The Morgan fingerprint density at radius 1 is 1.53 bits per heavy atom. The molecule has 0 spiro atoms. The van der Waals surface area contributed by atoms with Crippen LogP contribution in [0.15, 0.2) is 24.3 Å². The first-order valence-corrected chi connectivity index (χ1v) is 6.10. The lowest BCUT2D eigenvalue weighted by Gasteiger charge is -2.04. The van der Waals surface area contributed by atoms with Gasteiger partial charge in [0, 0.05) is 24.4 Å². The molecule has 0 bridgehead atoms. The maximum atomic E-state index is 10.5. The lowest BCUT2D eigenvalue weighted by Crippen LogP contribution is -2.02. The second kappa shape index (κ2) is 6.29. The van der Waals surface area contributed by atoms with Crippen molar-refractivity contribution in [3.05, 3.63) is 34.4 Å². The van der Waals surface area contributed by atoms with Gasteiger partial charge in [0.1, 0.15) is 0 Å². The van der Waals surface area contributed by atoms with E-state index in [0.717, 1.165) is 24.4 Å². The van der Waals surface area contributed by atoms with Crippen LogP contribution in [0.3, 0.4) is 0 Å². The van der Waals surface area contributed by atoms with Gasteiger partial charge in [-0.3, -0.25) is 10.1 Å². The van der Waals surface area contributed by atoms with Gasteiger partial charge in [-0.25, -0.2) is 0 Å². The Hall–Kier alpha value is -1.23. The van der Waals surface area contributed by atoms with Crippen molar-refractivity contribution in [3.8, 4) is 0 Å². The molecule has 4 nitrogen and oxygen atoms in total. The molecule has 1 aromatic carbocycles. The van der Waals surface area contributed by atoms with Crippen LogP contribution in [0.5, 0.6) is 0 Å². The average molecular weight is 226 g/mol. The highest BCUT2D eigenvalue weighted by atomic mass is 32.2. The first kappa shape index (κ1) is 11.8. The van der Waals surface area contributed by atoms with E-state index in [0.29, 0.717) is 0 Å². The Balaban J connectivity index is 2.47.